The minimum Gasteiger partial charge on any atom is -0.494 e. The Morgan fingerprint density at radius 3 is 2.59 bits per heavy atom. The van der Waals surface area contributed by atoms with Crippen molar-refractivity contribution in [3.63, 3.8) is 0 Å². The molecule has 2 saturated heterocycles. The van der Waals surface area contributed by atoms with Crippen LogP contribution in [0.15, 0.2) is 54.6 Å². The molecule has 39 heavy (non-hydrogen) atoms. The second kappa shape index (κ2) is 11.4. The molecular formula is C33H38N4O2. The lowest BCUT2D eigenvalue weighted by atomic mass is 9.97. The molecule has 3 aromatic carbocycles. The van der Waals surface area contributed by atoms with Gasteiger partial charge in [-0.2, -0.15) is 10.4 Å². The van der Waals surface area contributed by atoms with Gasteiger partial charge in [-0.15, -0.1) is 0 Å². The molecule has 6 rings (SSSR count). The van der Waals surface area contributed by atoms with Gasteiger partial charge in [-0.1, -0.05) is 24.6 Å². The maximum Gasteiger partial charge on any atom is 0.150 e. The number of piperidine rings is 1. The molecule has 0 aliphatic carbocycles. The Bertz CT molecular complexity index is 1490. The van der Waals surface area contributed by atoms with Crippen molar-refractivity contribution in [2.75, 3.05) is 19.8 Å². The smallest absolute Gasteiger partial charge is 0.150 e. The SMILES string of the molecule is C[C@@H]1CCC[C@H](C)N1CCCOc1ccc2ccc(-c3nn(C4CCCCO4)c4ccc(C#N)cc34)cc2c1. The number of fused-ring (bicyclic) bond motifs is 2. The highest BCUT2D eigenvalue weighted by atomic mass is 16.5. The Labute approximate surface area is 231 Å². The fourth-order valence-corrected chi connectivity index (χ4v) is 6.37. The number of hydrogen-bond donors (Lipinski definition) is 0. The van der Waals surface area contributed by atoms with Crippen LogP contribution in [0.2, 0.25) is 0 Å². The quantitative estimate of drug-likeness (QED) is 0.236. The lowest BCUT2D eigenvalue weighted by molar-refractivity contribution is -0.0365. The van der Waals surface area contributed by atoms with Gasteiger partial charge in [-0.25, -0.2) is 4.68 Å². The molecule has 2 aliphatic rings. The first-order valence-electron chi connectivity index (χ1n) is 14.6. The standard InChI is InChI=1S/C33H38N4O2/c1-23-7-5-8-24(2)36(23)16-6-18-38-29-14-13-26-11-12-27(20-28(26)21-29)33-30-19-25(22-34)10-15-31(30)37(35-33)32-9-3-4-17-39-32/h10-15,19-21,23-24,32H,3-9,16-18H2,1-2H3/t23-,24+,32?. The minimum absolute atomic E-state index is 0.0701. The van der Waals surface area contributed by atoms with Gasteiger partial charge in [0.1, 0.15) is 11.4 Å². The van der Waals surface area contributed by atoms with Crippen LogP contribution in [0.5, 0.6) is 5.75 Å². The number of benzene rings is 3. The van der Waals surface area contributed by atoms with Crippen molar-refractivity contribution in [3.8, 4) is 23.1 Å². The van der Waals surface area contributed by atoms with Crippen LogP contribution in [0.1, 0.15) is 70.6 Å². The van der Waals surface area contributed by atoms with Crippen molar-refractivity contribution >= 4 is 21.7 Å². The average Bonchev–Trinajstić information content (AvgIpc) is 3.35. The van der Waals surface area contributed by atoms with E-state index in [1.165, 1.54) is 24.6 Å². The van der Waals surface area contributed by atoms with Crippen LogP contribution in [-0.2, 0) is 4.74 Å². The van der Waals surface area contributed by atoms with Gasteiger partial charge in [0, 0.05) is 36.2 Å². The Balaban J connectivity index is 1.24. The van der Waals surface area contributed by atoms with Crippen LogP contribution in [0.3, 0.4) is 0 Å². The maximum absolute atomic E-state index is 9.56. The third kappa shape index (κ3) is 5.39. The number of ether oxygens (including phenoxy) is 2. The molecule has 3 atom stereocenters. The van der Waals surface area contributed by atoms with Gasteiger partial charge in [0.05, 0.1) is 23.8 Å². The Kier molecular flexibility index (Phi) is 7.54. The number of rotatable bonds is 7. The largest absolute Gasteiger partial charge is 0.494 e. The van der Waals surface area contributed by atoms with Crippen molar-refractivity contribution < 1.29 is 9.47 Å². The molecule has 0 spiro atoms. The molecule has 2 aliphatic heterocycles. The molecule has 3 heterocycles. The summed E-state index contributed by atoms with van der Waals surface area (Å²) in [6.45, 7) is 7.27. The summed E-state index contributed by atoms with van der Waals surface area (Å²) in [5.74, 6) is 0.900. The summed E-state index contributed by atoms with van der Waals surface area (Å²) < 4.78 is 14.3. The molecule has 4 aromatic rings. The highest BCUT2D eigenvalue weighted by Gasteiger charge is 2.24. The van der Waals surface area contributed by atoms with E-state index in [0.29, 0.717) is 24.3 Å². The fourth-order valence-electron chi connectivity index (χ4n) is 6.37. The molecule has 202 valence electrons. The number of nitriles is 1. The number of hydrogen-bond acceptors (Lipinski definition) is 5. The summed E-state index contributed by atoms with van der Waals surface area (Å²) in [7, 11) is 0. The zero-order valence-corrected chi connectivity index (χ0v) is 23.1. The lowest BCUT2D eigenvalue weighted by Crippen LogP contribution is -2.44. The fraction of sp³-hybridized carbons (Fsp3) is 0.455. The number of nitrogens with zero attached hydrogens (tertiary/aromatic N) is 4. The van der Waals surface area contributed by atoms with Crippen molar-refractivity contribution in [1.29, 1.82) is 5.26 Å². The van der Waals surface area contributed by atoms with Gasteiger partial charge in [-0.05, 0) is 99.5 Å². The summed E-state index contributed by atoms with van der Waals surface area (Å²) in [6, 6.07) is 22.2. The predicted molar refractivity (Wildman–Crippen MR) is 156 cm³/mol. The second-order valence-corrected chi connectivity index (χ2v) is 11.3. The normalized spacial score (nSPS) is 22.2. The molecule has 0 amide bonds. The molecule has 6 nitrogen and oxygen atoms in total. The van der Waals surface area contributed by atoms with E-state index >= 15 is 0 Å². The highest BCUT2D eigenvalue weighted by molar-refractivity contribution is 5.97. The van der Waals surface area contributed by atoms with Gasteiger partial charge in [-0.3, -0.25) is 4.90 Å². The molecule has 1 unspecified atom stereocenters. The number of aromatic nitrogens is 2. The van der Waals surface area contributed by atoms with Gasteiger partial charge < -0.3 is 9.47 Å². The summed E-state index contributed by atoms with van der Waals surface area (Å²) in [4.78, 5) is 2.64. The first-order valence-corrected chi connectivity index (χ1v) is 14.6. The highest BCUT2D eigenvalue weighted by Crippen LogP contribution is 2.35. The van der Waals surface area contributed by atoms with Crippen LogP contribution < -0.4 is 4.74 Å². The summed E-state index contributed by atoms with van der Waals surface area (Å²) >= 11 is 0. The number of likely N-dealkylation sites (tertiary alicyclic amines) is 1. The molecule has 0 saturated carbocycles. The monoisotopic (exact) mass is 522 g/mol. The Morgan fingerprint density at radius 1 is 0.949 bits per heavy atom. The van der Waals surface area contributed by atoms with Gasteiger partial charge in [0.2, 0.25) is 0 Å². The van der Waals surface area contributed by atoms with Crippen molar-refractivity contribution in [3.05, 3.63) is 60.2 Å². The van der Waals surface area contributed by atoms with E-state index in [2.05, 4.69) is 61.2 Å². The molecule has 0 radical (unpaired) electrons. The Hall–Kier alpha value is -3.40. The third-order valence-electron chi connectivity index (χ3n) is 8.55. The topological polar surface area (TPSA) is 63.3 Å². The van der Waals surface area contributed by atoms with Crippen molar-refractivity contribution in [2.45, 2.75) is 77.1 Å². The molecule has 1 aromatic heterocycles. The van der Waals surface area contributed by atoms with E-state index in [1.54, 1.807) is 0 Å². The average molecular weight is 523 g/mol. The molecule has 2 fully saturated rings. The van der Waals surface area contributed by atoms with E-state index in [0.717, 1.165) is 72.1 Å². The van der Waals surface area contributed by atoms with Crippen molar-refractivity contribution in [1.82, 2.24) is 14.7 Å². The minimum atomic E-state index is -0.0701. The zero-order chi connectivity index (χ0) is 26.8. The summed E-state index contributed by atoms with van der Waals surface area (Å²) in [5.41, 5.74) is 3.56. The molecule has 0 N–H and O–H groups in total. The van der Waals surface area contributed by atoms with E-state index in [9.17, 15) is 5.26 Å². The van der Waals surface area contributed by atoms with Crippen LogP contribution in [0, 0.1) is 11.3 Å². The zero-order valence-electron chi connectivity index (χ0n) is 23.1. The van der Waals surface area contributed by atoms with Crippen LogP contribution in [0.4, 0.5) is 0 Å². The third-order valence-corrected chi connectivity index (χ3v) is 8.55. The van der Waals surface area contributed by atoms with Gasteiger partial charge in [0.25, 0.3) is 0 Å². The van der Waals surface area contributed by atoms with Gasteiger partial charge >= 0.3 is 0 Å². The Morgan fingerprint density at radius 2 is 1.79 bits per heavy atom. The molecule has 6 heteroatoms. The van der Waals surface area contributed by atoms with Crippen LogP contribution in [-0.4, -0.2) is 46.5 Å². The lowest BCUT2D eigenvalue weighted by Gasteiger charge is -2.39. The maximum atomic E-state index is 9.56. The first-order chi connectivity index (χ1) is 19.1. The van der Waals surface area contributed by atoms with Crippen LogP contribution >= 0.6 is 0 Å². The van der Waals surface area contributed by atoms with Gasteiger partial charge in [0.15, 0.2) is 6.23 Å². The van der Waals surface area contributed by atoms with E-state index < -0.39 is 0 Å². The predicted octanol–water partition coefficient (Wildman–Crippen LogP) is 7.46. The second-order valence-electron chi connectivity index (χ2n) is 11.3. The van der Waals surface area contributed by atoms with E-state index in [4.69, 9.17) is 14.6 Å². The first kappa shape index (κ1) is 25.9. The van der Waals surface area contributed by atoms with E-state index in [-0.39, 0.29) is 6.23 Å². The summed E-state index contributed by atoms with van der Waals surface area (Å²) in [6.07, 6.45) is 8.08. The summed E-state index contributed by atoms with van der Waals surface area (Å²) in [5, 5.41) is 17.9. The van der Waals surface area contributed by atoms with Crippen LogP contribution in [0.25, 0.3) is 32.9 Å². The van der Waals surface area contributed by atoms with E-state index in [1.807, 2.05) is 22.9 Å². The molecule has 0 bridgehead atoms. The van der Waals surface area contributed by atoms with Crippen molar-refractivity contribution in [2.24, 2.45) is 0 Å². The molecular weight excluding hydrogens is 484 g/mol.